The first-order valence-electron chi connectivity index (χ1n) is 8.42. The highest BCUT2D eigenvalue weighted by Crippen LogP contribution is 2.34. The second-order valence-electron chi connectivity index (χ2n) is 6.12. The molecule has 1 saturated heterocycles. The maximum Gasteiger partial charge on any atom is 0.421 e. The molecule has 3 rings (SSSR count). The molecule has 0 spiro atoms. The average molecular weight is 434 g/mol. The lowest BCUT2D eigenvalue weighted by atomic mass is 10.3. The van der Waals surface area contributed by atoms with Crippen LogP contribution in [0, 0.1) is 0 Å². The Bertz CT molecular complexity index is 878. The third-order valence-corrected chi connectivity index (χ3v) is 4.85. The van der Waals surface area contributed by atoms with Crippen molar-refractivity contribution in [2.45, 2.75) is 19.0 Å². The number of likely N-dealkylation sites (tertiary alicyclic amines) is 1. The normalized spacial score (nSPS) is 14.5. The van der Waals surface area contributed by atoms with Gasteiger partial charge in [0.15, 0.2) is 0 Å². The summed E-state index contributed by atoms with van der Waals surface area (Å²) in [6.07, 6.45) is -2.68. The number of nitrogens with one attached hydrogen (secondary N) is 2. The number of halogens is 5. The third kappa shape index (κ3) is 4.96. The minimum atomic E-state index is -4.62. The van der Waals surface area contributed by atoms with Crippen LogP contribution >= 0.6 is 23.2 Å². The van der Waals surface area contributed by atoms with Gasteiger partial charge in [-0.05, 0) is 24.6 Å². The summed E-state index contributed by atoms with van der Waals surface area (Å²) < 4.78 is 39.8. The van der Waals surface area contributed by atoms with Gasteiger partial charge in [0, 0.05) is 37.9 Å². The predicted octanol–water partition coefficient (Wildman–Crippen LogP) is 4.58. The molecule has 1 aromatic heterocycles. The van der Waals surface area contributed by atoms with E-state index in [9.17, 15) is 18.0 Å². The van der Waals surface area contributed by atoms with Gasteiger partial charge < -0.3 is 15.5 Å². The Morgan fingerprint density at radius 1 is 1.21 bits per heavy atom. The van der Waals surface area contributed by atoms with Gasteiger partial charge in [-0.3, -0.25) is 4.79 Å². The topological polar surface area (TPSA) is 70.2 Å². The van der Waals surface area contributed by atoms with Crippen LogP contribution in [0.1, 0.15) is 18.4 Å². The van der Waals surface area contributed by atoms with E-state index >= 15 is 0 Å². The quantitative estimate of drug-likeness (QED) is 0.697. The van der Waals surface area contributed by atoms with Crippen molar-refractivity contribution < 1.29 is 18.0 Å². The first-order chi connectivity index (χ1) is 13.2. The number of benzene rings is 1. The molecule has 0 radical (unpaired) electrons. The Morgan fingerprint density at radius 3 is 2.64 bits per heavy atom. The van der Waals surface area contributed by atoms with Crippen LogP contribution in [0.5, 0.6) is 0 Å². The number of anilines is 3. The van der Waals surface area contributed by atoms with Gasteiger partial charge in [0.05, 0.1) is 10.0 Å². The number of alkyl halides is 3. The van der Waals surface area contributed by atoms with E-state index in [1.165, 1.54) is 6.07 Å². The number of hydrogen-bond donors (Lipinski definition) is 2. The summed E-state index contributed by atoms with van der Waals surface area (Å²) in [7, 11) is 0. The SMILES string of the molecule is O=C1CCCN1CCNc1nc(Nc2ccc(Cl)c(Cl)c2)ncc1C(F)(F)F. The summed E-state index contributed by atoms with van der Waals surface area (Å²) in [5.74, 6) is -0.398. The Morgan fingerprint density at radius 2 is 2.00 bits per heavy atom. The molecule has 150 valence electrons. The van der Waals surface area contributed by atoms with Crippen molar-refractivity contribution in [1.29, 1.82) is 0 Å². The summed E-state index contributed by atoms with van der Waals surface area (Å²) >= 11 is 11.8. The highest BCUT2D eigenvalue weighted by atomic mass is 35.5. The van der Waals surface area contributed by atoms with Crippen molar-refractivity contribution >= 4 is 46.6 Å². The predicted molar refractivity (Wildman–Crippen MR) is 101 cm³/mol. The fraction of sp³-hybridized carbons (Fsp3) is 0.353. The molecule has 1 amide bonds. The summed E-state index contributed by atoms with van der Waals surface area (Å²) in [4.78, 5) is 20.9. The van der Waals surface area contributed by atoms with Crippen LogP contribution in [0.2, 0.25) is 10.0 Å². The molecule has 1 fully saturated rings. The van der Waals surface area contributed by atoms with Gasteiger partial charge in [0.25, 0.3) is 0 Å². The number of rotatable bonds is 6. The molecular formula is C17H16Cl2F3N5O. The van der Waals surface area contributed by atoms with Crippen LogP contribution in [0.25, 0.3) is 0 Å². The molecule has 0 aliphatic carbocycles. The van der Waals surface area contributed by atoms with Gasteiger partial charge in [-0.1, -0.05) is 23.2 Å². The first kappa shape index (κ1) is 20.5. The molecule has 2 aromatic rings. The van der Waals surface area contributed by atoms with Crippen molar-refractivity contribution in [2.24, 2.45) is 0 Å². The largest absolute Gasteiger partial charge is 0.421 e. The molecule has 0 saturated carbocycles. The lowest BCUT2D eigenvalue weighted by Gasteiger charge is -2.18. The van der Waals surface area contributed by atoms with Gasteiger partial charge in [0.2, 0.25) is 11.9 Å². The van der Waals surface area contributed by atoms with Gasteiger partial charge >= 0.3 is 6.18 Å². The van der Waals surface area contributed by atoms with Crippen molar-refractivity contribution in [3.05, 3.63) is 40.0 Å². The third-order valence-electron chi connectivity index (χ3n) is 4.12. The number of hydrogen-bond acceptors (Lipinski definition) is 5. The van der Waals surface area contributed by atoms with Gasteiger partial charge in [-0.2, -0.15) is 18.2 Å². The van der Waals surface area contributed by atoms with Crippen molar-refractivity contribution in [2.75, 3.05) is 30.3 Å². The fourth-order valence-electron chi connectivity index (χ4n) is 2.74. The molecule has 0 bridgehead atoms. The van der Waals surface area contributed by atoms with Crippen molar-refractivity contribution in [3.8, 4) is 0 Å². The number of nitrogens with zero attached hydrogens (tertiary/aromatic N) is 3. The van der Waals surface area contributed by atoms with Gasteiger partial charge in [-0.15, -0.1) is 0 Å². The summed E-state index contributed by atoms with van der Waals surface area (Å²) in [6, 6.07) is 4.65. The van der Waals surface area contributed by atoms with Crippen LogP contribution in [-0.2, 0) is 11.0 Å². The highest BCUT2D eigenvalue weighted by Gasteiger charge is 2.35. The van der Waals surface area contributed by atoms with E-state index in [1.807, 2.05) is 0 Å². The number of carbonyl (C=O) groups is 1. The minimum absolute atomic E-state index is 0.00232. The van der Waals surface area contributed by atoms with Gasteiger partial charge in [0.1, 0.15) is 11.4 Å². The summed E-state index contributed by atoms with van der Waals surface area (Å²) in [6.45, 7) is 1.05. The monoisotopic (exact) mass is 433 g/mol. The highest BCUT2D eigenvalue weighted by molar-refractivity contribution is 6.42. The zero-order valence-electron chi connectivity index (χ0n) is 14.5. The number of amides is 1. The van der Waals surface area contributed by atoms with E-state index < -0.39 is 11.7 Å². The standard InChI is InChI=1S/C17H16Cl2F3N5O/c18-12-4-3-10(8-13(12)19)25-16-24-9-11(17(20,21)22)15(26-16)23-5-7-27-6-1-2-14(27)28/h3-4,8-9H,1-2,5-7H2,(H2,23,24,25,26). The lowest BCUT2D eigenvalue weighted by Crippen LogP contribution is -2.30. The molecular weight excluding hydrogens is 418 g/mol. The molecule has 2 N–H and O–H groups in total. The van der Waals surface area contributed by atoms with Crippen molar-refractivity contribution in [3.63, 3.8) is 0 Å². The van der Waals surface area contributed by atoms with Crippen LogP contribution in [0.4, 0.5) is 30.6 Å². The molecule has 1 aliphatic rings. The second-order valence-corrected chi connectivity index (χ2v) is 6.93. The van der Waals surface area contributed by atoms with E-state index in [0.717, 1.165) is 6.42 Å². The maximum absolute atomic E-state index is 13.3. The Kier molecular flexibility index (Phi) is 6.14. The summed E-state index contributed by atoms with van der Waals surface area (Å²) in [5, 5.41) is 6.09. The molecule has 1 aromatic carbocycles. The Balaban J connectivity index is 1.76. The zero-order valence-corrected chi connectivity index (χ0v) is 16.0. The molecule has 6 nitrogen and oxygen atoms in total. The fourth-order valence-corrected chi connectivity index (χ4v) is 3.04. The molecule has 2 heterocycles. The Labute approximate surface area is 169 Å². The summed E-state index contributed by atoms with van der Waals surface area (Å²) in [5.41, 5.74) is -0.511. The van der Waals surface area contributed by atoms with E-state index in [0.29, 0.717) is 36.4 Å². The number of aromatic nitrogens is 2. The smallest absolute Gasteiger partial charge is 0.368 e. The van der Waals surface area contributed by atoms with Crippen molar-refractivity contribution in [1.82, 2.24) is 14.9 Å². The average Bonchev–Trinajstić information content (AvgIpc) is 3.02. The minimum Gasteiger partial charge on any atom is -0.368 e. The molecule has 1 aliphatic heterocycles. The first-order valence-corrected chi connectivity index (χ1v) is 9.17. The molecule has 28 heavy (non-hydrogen) atoms. The lowest BCUT2D eigenvalue weighted by molar-refractivity contribution is -0.137. The molecule has 0 atom stereocenters. The van der Waals surface area contributed by atoms with Crippen LogP contribution < -0.4 is 10.6 Å². The van der Waals surface area contributed by atoms with E-state index in [4.69, 9.17) is 23.2 Å². The number of carbonyl (C=O) groups excluding carboxylic acids is 1. The van der Waals surface area contributed by atoms with E-state index in [2.05, 4.69) is 20.6 Å². The molecule has 0 unspecified atom stereocenters. The van der Waals surface area contributed by atoms with Gasteiger partial charge in [-0.25, -0.2) is 4.98 Å². The van der Waals surface area contributed by atoms with E-state index in [1.54, 1.807) is 17.0 Å². The Hall–Kier alpha value is -2.26. The molecule has 11 heteroatoms. The zero-order chi connectivity index (χ0) is 20.3. The second kappa shape index (κ2) is 8.40. The van der Waals surface area contributed by atoms with E-state index in [-0.39, 0.29) is 29.2 Å². The maximum atomic E-state index is 13.3. The van der Waals surface area contributed by atoms with Crippen LogP contribution in [0.3, 0.4) is 0 Å². The van der Waals surface area contributed by atoms with Crippen LogP contribution in [-0.4, -0.2) is 40.4 Å². The van der Waals surface area contributed by atoms with Crippen LogP contribution in [0.15, 0.2) is 24.4 Å².